The van der Waals surface area contributed by atoms with Crippen molar-refractivity contribution >= 4 is 48.0 Å². The van der Waals surface area contributed by atoms with Crippen LogP contribution in [-0.2, 0) is 9.53 Å². The van der Waals surface area contributed by atoms with Crippen molar-refractivity contribution in [2.45, 2.75) is 12.5 Å². The molecule has 2 N–H and O–H groups in total. The minimum absolute atomic E-state index is 0. The van der Waals surface area contributed by atoms with E-state index in [1.54, 1.807) is 14.2 Å². The van der Waals surface area contributed by atoms with Crippen LogP contribution in [0.3, 0.4) is 0 Å². The van der Waals surface area contributed by atoms with Crippen LogP contribution in [0.15, 0.2) is 18.2 Å². The summed E-state index contributed by atoms with van der Waals surface area (Å²) in [6.45, 7) is 3.18. The highest BCUT2D eigenvalue weighted by molar-refractivity contribution is 6.30. The number of hydrogen-bond acceptors (Lipinski definition) is 5. The van der Waals surface area contributed by atoms with Crippen LogP contribution in [0.4, 0.5) is 5.69 Å². The summed E-state index contributed by atoms with van der Waals surface area (Å²) in [7, 11) is 3.28. The number of halogens is 3. The molecule has 1 amide bonds. The molecule has 0 aliphatic carbocycles. The Kier molecular flexibility index (Phi) is 12.0. The van der Waals surface area contributed by atoms with Crippen molar-refractivity contribution in [2.75, 3.05) is 51.9 Å². The number of carbonyl (C=O) groups is 1. The van der Waals surface area contributed by atoms with E-state index >= 15 is 0 Å². The molecular formula is C16H26Cl3N3O3. The van der Waals surface area contributed by atoms with E-state index in [-0.39, 0.29) is 36.8 Å². The predicted octanol–water partition coefficient (Wildman–Crippen LogP) is 2.12. The Bertz CT molecular complexity index is 535. The second kappa shape index (κ2) is 12.4. The summed E-state index contributed by atoms with van der Waals surface area (Å²) in [6.07, 6.45) is 0.902. The molecule has 6 nitrogen and oxygen atoms in total. The lowest BCUT2D eigenvalue weighted by Crippen LogP contribution is -2.42. The average Bonchev–Trinajstić information content (AvgIpc) is 3.00. The van der Waals surface area contributed by atoms with Crippen LogP contribution in [0.25, 0.3) is 0 Å². The van der Waals surface area contributed by atoms with Crippen molar-refractivity contribution in [2.24, 2.45) is 0 Å². The molecule has 1 heterocycles. The molecule has 1 unspecified atom stereocenters. The molecule has 1 saturated heterocycles. The van der Waals surface area contributed by atoms with Crippen LogP contribution in [0, 0.1) is 0 Å². The van der Waals surface area contributed by atoms with Crippen molar-refractivity contribution in [3.05, 3.63) is 23.2 Å². The summed E-state index contributed by atoms with van der Waals surface area (Å²) in [4.78, 5) is 14.1. The Morgan fingerprint density at radius 1 is 1.36 bits per heavy atom. The van der Waals surface area contributed by atoms with E-state index in [0.717, 1.165) is 30.9 Å². The zero-order valence-electron chi connectivity index (χ0n) is 14.4. The zero-order valence-corrected chi connectivity index (χ0v) is 16.8. The third-order valence-electron chi connectivity index (χ3n) is 3.80. The van der Waals surface area contributed by atoms with Gasteiger partial charge in [-0.1, -0.05) is 11.6 Å². The number of amides is 1. The summed E-state index contributed by atoms with van der Waals surface area (Å²) >= 11 is 6.09. The first kappa shape index (κ1) is 24.1. The highest BCUT2D eigenvalue weighted by atomic mass is 35.5. The number of hydrogen-bond donors (Lipinski definition) is 2. The van der Waals surface area contributed by atoms with Gasteiger partial charge < -0.3 is 25.0 Å². The molecule has 0 saturated carbocycles. The largest absolute Gasteiger partial charge is 0.495 e. The van der Waals surface area contributed by atoms with E-state index in [4.69, 9.17) is 21.1 Å². The summed E-state index contributed by atoms with van der Waals surface area (Å²) in [5.41, 5.74) is 0.968. The number of ether oxygens (including phenoxy) is 2. The molecule has 0 bridgehead atoms. The minimum Gasteiger partial charge on any atom is -0.495 e. The first-order valence-corrected chi connectivity index (χ1v) is 8.09. The van der Waals surface area contributed by atoms with Gasteiger partial charge in [-0.25, -0.2) is 0 Å². The monoisotopic (exact) mass is 413 g/mol. The Hall–Kier alpha value is -0.920. The van der Waals surface area contributed by atoms with Crippen molar-refractivity contribution in [3.63, 3.8) is 0 Å². The normalized spacial score (nSPS) is 16.0. The molecule has 144 valence electrons. The highest BCUT2D eigenvalue weighted by Gasteiger charge is 2.25. The average molecular weight is 415 g/mol. The van der Waals surface area contributed by atoms with Crippen LogP contribution in [0.1, 0.15) is 6.42 Å². The van der Waals surface area contributed by atoms with Gasteiger partial charge in [-0.3, -0.25) is 4.79 Å². The molecule has 0 aromatic heterocycles. The molecule has 1 aromatic carbocycles. The maximum atomic E-state index is 11.9. The summed E-state index contributed by atoms with van der Waals surface area (Å²) in [5.74, 6) is 0.800. The number of nitrogens with one attached hydrogen (secondary N) is 2. The summed E-state index contributed by atoms with van der Waals surface area (Å²) < 4.78 is 10.3. The van der Waals surface area contributed by atoms with E-state index in [1.807, 2.05) is 18.2 Å². The highest BCUT2D eigenvalue weighted by Crippen LogP contribution is 2.33. The maximum absolute atomic E-state index is 11.9. The standard InChI is InChI=1S/C16H24ClN3O3.2ClH/c1-22-8-6-18-10-16(21)19-13-5-7-20(11-13)14-9-12(17)3-4-15(14)23-2;;/h3-4,9,13,18H,5-8,10-11H2,1-2H3,(H,19,21);2*1H. The maximum Gasteiger partial charge on any atom is 0.234 e. The first-order chi connectivity index (χ1) is 11.1. The Labute approximate surface area is 166 Å². The number of rotatable bonds is 8. The summed E-state index contributed by atoms with van der Waals surface area (Å²) in [5, 5.41) is 6.77. The van der Waals surface area contributed by atoms with Gasteiger partial charge in [-0.05, 0) is 24.6 Å². The molecule has 25 heavy (non-hydrogen) atoms. The molecule has 1 fully saturated rings. The molecule has 0 spiro atoms. The van der Waals surface area contributed by atoms with Gasteiger partial charge in [-0.2, -0.15) is 0 Å². The van der Waals surface area contributed by atoms with E-state index in [2.05, 4.69) is 15.5 Å². The van der Waals surface area contributed by atoms with Crippen LogP contribution >= 0.6 is 36.4 Å². The van der Waals surface area contributed by atoms with E-state index in [0.29, 0.717) is 24.7 Å². The fourth-order valence-corrected chi connectivity index (χ4v) is 2.83. The molecule has 2 rings (SSSR count). The van der Waals surface area contributed by atoms with Crippen LogP contribution in [0.2, 0.25) is 5.02 Å². The van der Waals surface area contributed by atoms with Gasteiger partial charge in [0.05, 0.1) is 25.9 Å². The minimum atomic E-state index is 0. The second-order valence-electron chi connectivity index (χ2n) is 5.48. The first-order valence-electron chi connectivity index (χ1n) is 7.71. The lowest BCUT2D eigenvalue weighted by atomic mass is 10.2. The molecular weight excluding hydrogens is 389 g/mol. The Balaban J connectivity index is 0.00000288. The summed E-state index contributed by atoms with van der Waals surface area (Å²) in [6, 6.07) is 5.71. The van der Waals surface area contributed by atoms with Gasteiger partial charge in [0.1, 0.15) is 5.75 Å². The van der Waals surface area contributed by atoms with Crippen molar-refractivity contribution in [1.82, 2.24) is 10.6 Å². The van der Waals surface area contributed by atoms with Crippen molar-refractivity contribution in [1.29, 1.82) is 0 Å². The van der Waals surface area contributed by atoms with Crippen LogP contribution in [0.5, 0.6) is 5.75 Å². The van der Waals surface area contributed by atoms with E-state index in [1.165, 1.54) is 0 Å². The molecule has 1 aromatic rings. The quantitative estimate of drug-likeness (QED) is 0.638. The van der Waals surface area contributed by atoms with Crippen molar-refractivity contribution in [3.8, 4) is 5.75 Å². The topological polar surface area (TPSA) is 62.8 Å². The number of nitrogens with zero attached hydrogens (tertiary/aromatic N) is 1. The fraction of sp³-hybridized carbons (Fsp3) is 0.562. The molecule has 1 atom stereocenters. The van der Waals surface area contributed by atoms with Crippen molar-refractivity contribution < 1.29 is 14.3 Å². The molecule has 9 heteroatoms. The number of anilines is 1. The third-order valence-corrected chi connectivity index (χ3v) is 4.04. The SMILES string of the molecule is COCCNCC(=O)NC1CCN(c2cc(Cl)ccc2OC)C1.Cl.Cl. The van der Waals surface area contributed by atoms with Gasteiger partial charge in [0.25, 0.3) is 0 Å². The van der Waals surface area contributed by atoms with Gasteiger partial charge in [0.15, 0.2) is 0 Å². The van der Waals surface area contributed by atoms with E-state index in [9.17, 15) is 4.79 Å². The fourth-order valence-electron chi connectivity index (χ4n) is 2.66. The lowest BCUT2D eigenvalue weighted by Gasteiger charge is -2.21. The predicted molar refractivity (Wildman–Crippen MR) is 106 cm³/mol. The van der Waals surface area contributed by atoms with Crippen LogP contribution in [-0.4, -0.2) is 59.0 Å². The molecule has 0 radical (unpaired) electrons. The van der Waals surface area contributed by atoms with E-state index < -0.39 is 0 Å². The lowest BCUT2D eigenvalue weighted by molar-refractivity contribution is -0.120. The Morgan fingerprint density at radius 2 is 2.12 bits per heavy atom. The van der Waals surface area contributed by atoms with Gasteiger partial charge in [-0.15, -0.1) is 24.8 Å². The zero-order chi connectivity index (χ0) is 16.7. The smallest absolute Gasteiger partial charge is 0.234 e. The van der Waals surface area contributed by atoms with Gasteiger partial charge in [0, 0.05) is 37.8 Å². The van der Waals surface area contributed by atoms with Gasteiger partial charge in [0.2, 0.25) is 5.91 Å². The molecule has 1 aliphatic heterocycles. The number of benzene rings is 1. The number of methoxy groups -OCH3 is 2. The third kappa shape index (κ3) is 7.46. The number of carbonyl (C=O) groups excluding carboxylic acids is 1. The second-order valence-corrected chi connectivity index (χ2v) is 5.92. The molecule has 1 aliphatic rings. The van der Waals surface area contributed by atoms with Crippen LogP contribution < -0.4 is 20.3 Å². The van der Waals surface area contributed by atoms with Gasteiger partial charge >= 0.3 is 0 Å². The Morgan fingerprint density at radius 3 is 2.80 bits per heavy atom.